The van der Waals surface area contributed by atoms with Crippen LogP contribution in [-0.2, 0) is 0 Å². The van der Waals surface area contributed by atoms with Crippen LogP contribution in [-0.4, -0.2) is 45.0 Å². The van der Waals surface area contributed by atoms with Crippen LogP contribution in [0, 0.1) is 0 Å². The molecule has 5 heteroatoms. The zero-order valence-corrected chi connectivity index (χ0v) is 14.4. The summed E-state index contributed by atoms with van der Waals surface area (Å²) in [4.78, 5) is 19.1. The average molecular weight is 331 g/mol. The normalized spacial score (nSPS) is 13.3. The second kappa shape index (κ2) is 7.02. The molecule has 3 rings (SSSR count). The number of nitrogens with zero attached hydrogens (tertiary/aromatic N) is 3. The SMILES string of the molecule is CN(C)CCN1C(=O)c2ccccc2N(C)c2ccccc21.[Cl-]. The predicted octanol–water partition coefficient (Wildman–Crippen LogP) is -0.0197. The largest absolute Gasteiger partial charge is 1.00 e. The minimum Gasteiger partial charge on any atom is -1.00 e. The molecular formula is C18H21ClN3O-. The molecule has 0 unspecified atom stereocenters. The fraction of sp³-hybridized carbons (Fsp3) is 0.278. The molecule has 122 valence electrons. The monoisotopic (exact) mass is 330 g/mol. The summed E-state index contributed by atoms with van der Waals surface area (Å²) in [6.45, 7) is 1.50. The van der Waals surface area contributed by atoms with E-state index in [-0.39, 0.29) is 18.3 Å². The number of halogens is 1. The van der Waals surface area contributed by atoms with Gasteiger partial charge in [0.05, 0.1) is 22.6 Å². The number of amides is 1. The Labute approximate surface area is 143 Å². The van der Waals surface area contributed by atoms with Crippen molar-refractivity contribution in [1.29, 1.82) is 0 Å². The lowest BCUT2D eigenvalue weighted by molar-refractivity contribution is -0.0000122. The van der Waals surface area contributed by atoms with Crippen molar-refractivity contribution in [3.8, 4) is 0 Å². The molecule has 0 aromatic heterocycles. The van der Waals surface area contributed by atoms with Crippen LogP contribution in [0.4, 0.5) is 17.1 Å². The fourth-order valence-corrected chi connectivity index (χ4v) is 2.83. The van der Waals surface area contributed by atoms with Crippen LogP contribution in [0.25, 0.3) is 0 Å². The molecule has 0 fully saturated rings. The highest BCUT2D eigenvalue weighted by atomic mass is 35.5. The minimum absolute atomic E-state index is 0. The number of carbonyl (C=O) groups is 1. The number of likely N-dealkylation sites (N-methyl/N-ethyl adjacent to an activating group) is 1. The summed E-state index contributed by atoms with van der Waals surface area (Å²) in [5.41, 5.74) is 3.72. The van der Waals surface area contributed by atoms with Gasteiger partial charge in [0.15, 0.2) is 0 Å². The van der Waals surface area contributed by atoms with Gasteiger partial charge in [-0.1, -0.05) is 24.3 Å². The summed E-state index contributed by atoms with van der Waals surface area (Å²) < 4.78 is 0. The molecule has 0 saturated heterocycles. The highest BCUT2D eigenvalue weighted by Crippen LogP contribution is 2.39. The minimum atomic E-state index is 0. The summed E-state index contributed by atoms with van der Waals surface area (Å²) in [6, 6.07) is 15.9. The van der Waals surface area contributed by atoms with E-state index >= 15 is 0 Å². The molecule has 0 saturated carbocycles. The number of benzene rings is 2. The maximum absolute atomic E-state index is 13.0. The van der Waals surface area contributed by atoms with E-state index in [0.29, 0.717) is 6.54 Å². The summed E-state index contributed by atoms with van der Waals surface area (Å²) in [5.74, 6) is 0.0641. The van der Waals surface area contributed by atoms with Gasteiger partial charge in [0.1, 0.15) is 0 Å². The topological polar surface area (TPSA) is 26.8 Å². The lowest BCUT2D eigenvalue weighted by atomic mass is 10.1. The van der Waals surface area contributed by atoms with Gasteiger partial charge in [-0.15, -0.1) is 0 Å². The van der Waals surface area contributed by atoms with Crippen LogP contribution >= 0.6 is 0 Å². The molecule has 2 aromatic carbocycles. The van der Waals surface area contributed by atoms with Crippen LogP contribution < -0.4 is 22.2 Å². The van der Waals surface area contributed by atoms with Gasteiger partial charge >= 0.3 is 0 Å². The van der Waals surface area contributed by atoms with Crippen LogP contribution in [0.15, 0.2) is 48.5 Å². The first-order valence-electron chi connectivity index (χ1n) is 7.48. The third-order valence-corrected chi connectivity index (χ3v) is 4.05. The highest BCUT2D eigenvalue weighted by molar-refractivity contribution is 6.13. The van der Waals surface area contributed by atoms with E-state index in [0.717, 1.165) is 29.2 Å². The van der Waals surface area contributed by atoms with Gasteiger partial charge in [-0.05, 0) is 38.4 Å². The summed E-state index contributed by atoms with van der Waals surface area (Å²) in [5, 5.41) is 0. The van der Waals surface area contributed by atoms with Gasteiger partial charge < -0.3 is 27.1 Å². The van der Waals surface area contributed by atoms with E-state index in [1.165, 1.54) is 0 Å². The number of rotatable bonds is 3. The molecule has 1 aliphatic heterocycles. The molecule has 0 N–H and O–H groups in total. The van der Waals surface area contributed by atoms with Crippen LogP contribution in [0.3, 0.4) is 0 Å². The predicted molar refractivity (Wildman–Crippen MR) is 91.2 cm³/mol. The van der Waals surface area contributed by atoms with Crippen molar-refractivity contribution in [2.45, 2.75) is 0 Å². The Hall–Kier alpha value is -2.04. The van der Waals surface area contributed by atoms with Gasteiger partial charge in [-0.3, -0.25) is 4.79 Å². The van der Waals surface area contributed by atoms with E-state index in [4.69, 9.17) is 0 Å². The smallest absolute Gasteiger partial charge is 0.260 e. The van der Waals surface area contributed by atoms with Gasteiger partial charge in [0.2, 0.25) is 0 Å². The van der Waals surface area contributed by atoms with Crippen LogP contribution in [0.1, 0.15) is 10.4 Å². The van der Waals surface area contributed by atoms with Crippen molar-refractivity contribution in [1.82, 2.24) is 4.90 Å². The lowest BCUT2D eigenvalue weighted by Gasteiger charge is -2.25. The van der Waals surface area contributed by atoms with Crippen LogP contribution in [0.5, 0.6) is 0 Å². The van der Waals surface area contributed by atoms with E-state index in [2.05, 4.69) is 15.9 Å². The van der Waals surface area contributed by atoms with E-state index in [1.54, 1.807) is 0 Å². The Morgan fingerprint density at radius 3 is 2.13 bits per heavy atom. The second-order valence-electron chi connectivity index (χ2n) is 5.82. The second-order valence-corrected chi connectivity index (χ2v) is 5.82. The van der Waals surface area contributed by atoms with Gasteiger partial charge in [0.25, 0.3) is 5.91 Å². The molecule has 23 heavy (non-hydrogen) atoms. The number of hydrogen-bond acceptors (Lipinski definition) is 3. The molecule has 2 aromatic rings. The first-order chi connectivity index (χ1) is 10.6. The molecule has 0 bridgehead atoms. The third kappa shape index (κ3) is 3.19. The molecule has 0 atom stereocenters. The maximum Gasteiger partial charge on any atom is 0.260 e. The van der Waals surface area contributed by atoms with Crippen molar-refractivity contribution in [2.75, 3.05) is 44.0 Å². The van der Waals surface area contributed by atoms with Crippen molar-refractivity contribution in [3.63, 3.8) is 0 Å². The van der Waals surface area contributed by atoms with Crippen molar-refractivity contribution in [3.05, 3.63) is 54.1 Å². The van der Waals surface area contributed by atoms with E-state index < -0.39 is 0 Å². The standard InChI is InChI=1S/C18H21N3O.ClH/c1-19(2)12-13-21-17-11-7-6-10-16(17)20(3)15-9-5-4-8-14(15)18(21)22;/h4-11H,12-13H2,1-3H3;1H/p-1. The fourth-order valence-electron chi connectivity index (χ4n) is 2.83. The summed E-state index contributed by atoms with van der Waals surface area (Å²) >= 11 is 0. The Kier molecular flexibility index (Phi) is 5.29. The molecule has 0 aliphatic carbocycles. The Morgan fingerprint density at radius 1 is 0.913 bits per heavy atom. The van der Waals surface area contributed by atoms with Crippen molar-refractivity contribution < 1.29 is 17.2 Å². The molecule has 1 aliphatic rings. The number of anilines is 3. The first-order valence-corrected chi connectivity index (χ1v) is 7.48. The van der Waals surface area contributed by atoms with E-state index in [9.17, 15) is 4.79 Å². The number of fused-ring (bicyclic) bond motifs is 2. The molecular weight excluding hydrogens is 310 g/mol. The third-order valence-electron chi connectivity index (χ3n) is 4.05. The molecule has 0 spiro atoms. The van der Waals surface area contributed by atoms with Crippen molar-refractivity contribution >= 4 is 23.0 Å². The molecule has 1 amide bonds. The molecule has 0 radical (unpaired) electrons. The van der Waals surface area contributed by atoms with Gasteiger partial charge in [-0.25, -0.2) is 0 Å². The van der Waals surface area contributed by atoms with E-state index in [1.807, 2.05) is 68.5 Å². The Balaban J connectivity index is 0.00000192. The van der Waals surface area contributed by atoms with Crippen molar-refractivity contribution in [2.24, 2.45) is 0 Å². The Morgan fingerprint density at radius 2 is 1.48 bits per heavy atom. The summed E-state index contributed by atoms with van der Waals surface area (Å²) in [6.07, 6.45) is 0. The quantitative estimate of drug-likeness (QED) is 0.791. The highest BCUT2D eigenvalue weighted by Gasteiger charge is 2.28. The number of para-hydroxylation sites is 3. The molecule has 1 heterocycles. The lowest BCUT2D eigenvalue weighted by Crippen LogP contribution is -3.00. The maximum atomic E-state index is 13.0. The van der Waals surface area contributed by atoms with Gasteiger partial charge in [0, 0.05) is 20.1 Å². The number of hydrogen-bond donors (Lipinski definition) is 0. The zero-order valence-electron chi connectivity index (χ0n) is 13.7. The number of carbonyl (C=O) groups excluding carboxylic acids is 1. The zero-order chi connectivity index (χ0) is 15.7. The molecule has 4 nitrogen and oxygen atoms in total. The first kappa shape index (κ1) is 17.3. The summed E-state index contributed by atoms with van der Waals surface area (Å²) in [7, 11) is 6.06. The van der Waals surface area contributed by atoms with Crippen LogP contribution in [0.2, 0.25) is 0 Å². The van der Waals surface area contributed by atoms with Gasteiger partial charge in [-0.2, -0.15) is 0 Å². The average Bonchev–Trinajstić information content (AvgIpc) is 2.62. The Bertz CT molecular complexity index is 702.